The minimum atomic E-state index is -0.0516. The van der Waals surface area contributed by atoms with Gasteiger partial charge in [-0.05, 0) is 6.08 Å². The van der Waals surface area contributed by atoms with Crippen molar-refractivity contribution in [3.63, 3.8) is 0 Å². The van der Waals surface area contributed by atoms with Crippen LogP contribution in [-0.2, 0) is 4.79 Å². The van der Waals surface area contributed by atoms with E-state index in [1.165, 1.54) is 23.6 Å². The van der Waals surface area contributed by atoms with Crippen LogP contribution in [0.15, 0.2) is 47.5 Å². The maximum atomic E-state index is 11.2. The molecular formula is C12H17NOS. The van der Waals surface area contributed by atoms with E-state index in [4.69, 9.17) is 0 Å². The van der Waals surface area contributed by atoms with Crippen molar-refractivity contribution < 1.29 is 4.79 Å². The van der Waals surface area contributed by atoms with Crippen molar-refractivity contribution in [3.8, 4) is 0 Å². The van der Waals surface area contributed by atoms with Crippen LogP contribution in [0.4, 0.5) is 0 Å². The molecule has 0 fully saturated rings. The molecule has 82 valence electrons. The Labute approximate surface area is 96.0 Å². The Morgan fingerprint density at radius 1 is 1.33 bits per heavy atom. The Bertz CT molecular complexity index is 329. The molecule has 1 aliphatic rings. The van der Waals surface area contributed by atoms with Crippen LogP contribution in [0.3, 0.4) is 0 Å². The third-order valence-corrected chi connectivity index (χ3v) is 2.68. The van der Waals surface area contributed by atoms with Gasteiger partial charge >= 0.3 is 0 Å². The second-order valence-corrected chi connectivity index (χ2v) is 3.62. The molecule has 0 saturated carbocycles. The van der Waals surface area contributed by atoms with E-state index in [9.17, 15) is 4.79 Å². The van der Waals surface area contributed by atoms with Gasteiger partial charge < -0.3 is 0 Å². The summed E-state index contributed by atoms with van der Waals surface area (Å²) in [5.74, 6) is -0.0516. The fraction of sp³-hybridized carbons (Fsp3) is 0.250. The standard InChI is InChI=1S/C10H11NOS.C2H6/c1-5-9-10(6-2)13-8(4)11(9)7(3)12;1-2/h5-6H,1-2,4H2,3H3;1-2H3. The molecular weight excluding hydrogens is 206 g/mol. The van der Waals surface area contributed by atoms with Crippen LogP contribution in [-0.4, -0.2) is 10.8 Å². The van der Waals surface area contributed by atoms with E-state index >= 15 is 0 Å². The van der Waals surface area contributed by atoms with Gasteiger partial charge in [0.05, 0.1) is 10.7 Å². The van der Waals surface area contributed by atoms with Crippen LogP contribution in [0.5, 0.6) is 0 Å². The van der Waals surface area contributed by atoms with Gasteiger partial charge in [-0.15, -0.1) is 0 Å². The van der Waals surface area contributed by atoms with Crippen molar-refractivity contribution in [2.45, 2.75) is 20.8 Å². The minimum absolute atomic E-state index is 0.0516. The van der Waals surface area contributed by atoms with Gasteiger partial charge in [0.2, 0.25) is 5.91 Å². The highest BCUT2D eigenvalue weighted by Gasteiger charge is 2.25. The zero-order valence-corrected chi connectivity index (χ0v) is 10.4. The summed E-state index contributed by atoms with van der Waals surface area (Å²) in [7, 11) is 0. The minimum Gasteiger partial charge on any atom is -0.275 e. The molecule has 0 N–H and O–H groups in total. The first-order valence-corrected chi connectivity index (χ1v) is 5.60. The molecule has 0 radical (unpaired) electrons. The van der Waals surface area contributed by atoms with Crippen LogP contribution < -0.4 is 0 Å². The van der Waals surface area contributed by atoms with Gasteiger partial charge in [-0.25, -0.2) is 0 Å². The molecule has 0 saturated heterocycles. The van der Waals surface area contributed by atoms with Crippen LogP contribution in [0.2, 0.25) is 0 Å². The lowest BCUT2D eigenvalue weighted by Crippen LogP contribution is -2.21. The summed E-state index contributed by atoms with van der Waals surface area (Å²) in [6.07, 6.45) is 3.35. The molecule has 0 unspecified atom stereocenters. The first-order chi connectivity index (χ1) is 7.11. The second-order valence-electron chi connectivity index (χ2n) is 2.51. The molecule has 0 aromatic heterocycles. The van der Waals surface area contributed by atoms with Crippen LogP contribution >= 0.6 is 11.8 Å². The SMILES string of the molecule is C=CC1=C(C=C)N(C(C)=O)C(=C)S1.CC. The van der Waals surface area contributed by atoms with Gasteiger partial charge in [-0.1, -0.05) is 51.4 Å². The van der Waals surface area contributed by atoms with Gasteiger partial charge in [0.25, 0.3) is 0 Å². The van der Waals surface area contributed by atoms with Crippen molar-refractivity contribution >= 4 is 17.7 Å². The number of rotatable bonds is 2. The molecule has 0 aromatic carbocycles. The maximum Gasteiger partial charge on any atom is 0.228 e. The van der Waals surface area contributed by atoms with E-state index in [0.29, 0.717) is 5.03 Å². The Kier molecular flexibility index (Phi) is 5.79. The molecule has 1 aliphatic heterocycles. The zero-order valence-electron chi connectivity index (χ0n) is 9.54. The smallest absolute Gasteiger partial charge is 0.228 e. The normalized spacial score (nSPS) is 14.6. The van der Waals surface area contributed by atoms with Crippen molar-refractivity contribution in [1.82, 2.24) is 4.90 Å². The third kappa shape index (κ3) is 2.86. The molecule has 0 spiro atoms. The first-order valence-electron chi connectivity index (χ1n) is 4.78. The number of carbonyl (C=O) groups is 1. The average molecular weight is 223 g/mol. The molecule has 2 nitrogen and oxygen atoms in total. The number of hydrogen-bond acceptors (Lipinski definition) is 2. The zero-order chi connectivity index (χ0) is 12.0. The molecule has 0 atom stereocenters. The van der Waals surface area contributed by atoms with Crippen LogP contribution in [0.1, 0.15) is 20.8 Å². The summed E-state index contributed by atoms with van der Waals surface area (Å²) >= 11 is 1.44. The number of nitrogens with zero attached hydrogens (tertiary/aromatic N) is 1. The van der Waals surface area contributed by atoms with E-state index in [0.717, 1.165) is 10.6 Å². The summed E-state index contributed by atoms with van der Waals surface area (Å²) < 4.78 is 0. The quantitative estimate of drug-likeness (QED) is 0.712. The third-order valence-electron chi connectivity index (χ3n) is 1.66. The van der Waals surface area contributed by atoms with E-state index in [2.05, 4.69) is 19.7 Å². The molecule has 1 heterocycles. The lowest BCUT2D eigenvalue weighted by Gasteiger charge is -2.15. The highest BCUT2D eigenvalue weighted by atomic mass is 32.2. The highest BCUT2D eigenvalue weighted by molar-refractivity contribution is 8.07. The highest BCUT2D eigenvalue weighted by Crippen LogP contribution is 2.40. The monoisotopic (exact) mass is 223 g/mol. The van der Waals surface area contributed by atoms with Gasteiger partial charge in [-0.2, -0.15) is 0 Å². The molecule has 0 aliphatic carbocycles. The average Bonchev–Trinajstić information content (AvgIpc) is 2.57. The summed E-state index contributed by atoms with van der Waals surface area (Å²) in [5, 5.41) is 0.706. The predicted octanol–water partition coefficient (Wildman–Crippen LogP) is 3.66. The lowest BCUT2D eigenvalue weighted by molar-refractivity contribution is -0.124. The topological polar surface area (TPSA) is 20.3 Å². The first kappa shape index (κ1) is 13.8. The number of allylic oxidation sites excluding steroid dienone is 2. The molecule has 0 aromatic rings. The molecule has 1 amide bonds. The molecule has 15 heavy (non-hydrogen) atoms. The Hall–Kier alpha value is -1.22. The Morgan fingerprint density at radius 2 is 1.87 bits per heavy atom. The number of hydrogen-bond donors (Lipinski definition) is 0. The largest absolute Gasteiger partial charge is 0.275 e. The Balaban J connectivity index is 0.000000921. The number of thioether (sulfide) groups is 1. The van der Waals surface area contributed by atoms with Crippen LogP contribution in [0, 0.1) is 0 Å². The van der Waals surface area contributed by atoms with Crippen molar-refractivity contribution in [2.75, 3.05) is 0 Å². The number of amides is 1. The molecule has 1 rings (SSSR count). The van der Waals surface area contributed by atoms with E-state index in [-0.39, 0.29) is 5.91 Å². The summed E-state index contributed by atoms with van der Waals surface area (Å²) in [5.41, 5.74) is 0.775. The summed E-state index contributed by atoms with van der Waals surface area (Å²) in [6.45, 7) is 16.6. The molecule has 3 heteroatoms. The van der Waals surface area contributed by atoms with Crippen molar-refractivity contribution in [1.29, 1.82) is 0 Å². The van der Waals surface area contributed by atoms with E-state index < -0.39 is 0 Å². The fourth-order valence-corrected chi connectivity index (χ4v) is 2.09. The van der Waals surface area contributed by atoms with Gasteiger partial charge in [0.15, 0.2) is 0 Å². The Morgan fingerprint density at radius 3 is 2.20 bits per heavy atom. The van der Waals surface area contributed by atoms with Gasteiger partial charge in [0, 0.05) is 11.8 Å². The molecule has 0 bridgehead atoms. The summed E-state index contributed by atoms with van der Waals surface area (Å²) in [6, 6.07) is 0. The predicted molar refractivity (Wildman–Crippen MR) is 68.0 cm³/mol. The van der Waals surface area contributed by atoms with Crippen molar-refractivity contribution in [2.24, 2.45) is 0 Å². The maximum absolute atomic E-state index is 11.2. The van der Waals surface area contributed by atoms with E-state index in [1.807, 2.05) is 13.8 Å². The lowest BCUT2D eigenvalue weighted by atomic mass is 10.3. The van der Waals surface area contributed by atoms with Gasteiger partial charge in [0.1, 0.15) is 0 Å². The number of carbonyl (C=O) groups excluding carboxylic acids is 1. The fourth-order valence-electron chi connectivity index (χ4n) is 1.15. The summed E-state index contributed by atoms with van der Waals surface area (Å²) in [4.78, 5) is 13.7. The van der Waals surface area contributed by atoms with Crippen LogP contribution in [0.25, 0.3) is 0 Å². The van der Waals surface area contributed by atoms with Gasteiger partial charge in [-0.3, -0.25) is 9.69 Å². The second kappa shape index (κ2) is 6.30. The van der Waals surface area contributed by atoms with Crippen molar-refractivity contribution in [3.05, 3.63) is 47.5 Å². The van der Waals surface area contributed by atoms with E-state index in [1.54, 1.807) is 12.2 Å².